The lowest BCUT2D eigenvalue weighted by atomic mass is 10.2. The fourth-order valence-corrected chi connectivity index (χ4v) is 3.47. The van der Waals surface area contributed by atoms with Gasteiger partial charge in [-0.1, -0.05) is 40.0 Å². The molecule has 0 spiro atoms. The molecule has 100 valence electrons. The van der Waals surface area contributed by atoms with Crippen molar-refractivity contribution in [2.75, 3.05) is 7.11 Å². The predicted molar refractivity (Wildman–Crippen MR) is 77.7 cm³/mol. The Labute approximate surface area is 124 Å². The SMILES string of the molecule is COC(=O)C(C)Sc1snnc1-c1ccc(Cl)cc1. The quantitative estimate of drug-likeness (QED) is 0.638. The standard InChI is InChI=1S/C12H11ClN2O2S2/c1-7(11(16)17-2)18-12-10(14-15-19-12)8-3-5-9(13)6-4-8/h3-7H,1-2H3. The van der Waals surface area contributed by atoms with Gasteiger partial charge in [-0.3, -0.25) is 4.79 Å². The van der Waals surface area contributed by atoms with Crippen LogP contribution in [0.15, 0.2) is 28.5 Å². The van der Waals surface area contributed by atoms with E-state index in [1.54, 1.807) is 19.1 Å². The van der Waals surface area contributed by atoms with Gasteiger partial charge >= 0.3 is 5.97 Å². The second-order valence-corrected chi connectivity index (χ2v) is 6.50. The maximum atomic E-state index is 11.4. The van der Waals surface area contributed by atoms with Crippen LogP contribution >= 0.6 is 34.9 Å². The number of aromatic nitrogens is 2. The highest BCUT2D eigenvalue weighted by molar-refractivity contribution is 8.02. The van der Waals surface area contributed by atoms with Crippen LogP contribution in [-0.2, 0) is 9.53 Å². The molecule has 0 bridgehead atoms. The Bertz CT molecular complexity index is 571. The van der Waals surface area contributed by atoms with Crippen molar-refractivity contribution in [3.8, 4) is 11.3 Å². The highest BCUT2D eigenvalue weighted by Crippen LogP contribution is 2.35. The van der Waals surface area contributed by atoms with Crippen molar-refractivity contribution in [3.05, 3.63) is 29.3 Å². The number of methoxy groups -OCH3 is 1. The predicted octanol–water partition coefficient (Wildman–Crippen LogP) is 3.51. The zero-order chi connectivity index (χ0) is 13.8. The Morgan fingerprint density at radius 2 is 2.11 bits per heavy atom. The number of carbonyl (C=O) groups excluding carboxylic acids is 1. The highest BCUT2D eigenvalue weighted by Gasteiger charge is 2.19. The first-order chi connectivity index (χ1) is 9.11. The van der Waals surface area contributed by atoms with Crippen LogP contribution in [0.3, 0.4) is 0 Å². The lowest BCUT2D eigenvalue weighted by Crippen LogP contribution is -2.14. The van der Waals surface area contributed by atoms with Crippen LogP contribution < -0.4 is 0 Å². The molecule has 0 saturated carbocycles. The van der Waals surface area contributed by atoms with E-state index < -0.39 is 0 Å². The van der Waals surface area contributed by atoms with E-state index in [-0.39, 0.29) is 11.2 Å². The zero-order valence-electron chi connectivity index (χ0n) is 10.3. The third-order valence-corrected chi connectivity index (χ3v) is 4.63. The van der Waals surface area contributed by atoms with Gasteiger partial charge < -0.3 is 4.74 Å². The third kappa shape index (κ3) is 3.46. The molecular formula is C12H11ClN2O2S2. The molecule has 4 nitrogen and oxygen atoms in total. The average molecular weight is 315 g/mol. The molecule has 1 heterocycles. The van der Waals surface area contributed by atoms with E-state index in [1.807, 2.05) is 12.1 Å². The third-order valence-electron chi connectivity index (χ3n) is 2.39. The molecule has 0 aliphatic heterocycles. The molecule has 0 N–H and O–H groups in total. The van der Waals surface area contributed by atoms with Gasteiger partial charge in [-0.2, -0.15) is 0 Å². The molecule has 0 aliphatic carbocycles. The largest absolute Gasteiger partial charge is 0.468 e. The maximum absolute atomic E-state index is 11.4. The number of esters is 1. The molecule has 0 saturated heterocycles. The van der Waals surface area contributed by atoms with Gasteiger partial charge in [0.25, 0.3) is 0 Å². The van der Waals surface area contributed by atoms with Crippen molar-refractivity contribution in [3.63, 3.8) is 0 Å². The molecule has 1 atom stereocenters. The highest BCUT2D eigenvalue weighted by atomic mass is 35.5. The first kappa shape index (κ1) is 14.3. The topological polar surface area (TPSA) is 52.1 Å². The number of carbonyl (C=O) groups is 1. The van der Waals surface area contributed by atoms with E-state index >= 15 is 0 Å². The molecule has 7 heteroatoms. The monoisotopic (exact) mass is 314 g/mol. The van der Waals surface area contributed by atoms with Crippen molar-refractivity contribution in [2.24, 2.45) is 0 Å². The van der Waals surface area contributed by atoms with E-state index in [2.05, 4.69) is 9.59 Å². The average Bonchev–Trinajstić information content (AvgIpc) is 2.86. The molecule has 0 aliphatic rings. The molecule has 1 aromatic carbocycles. The molecule has 0 radical (unpaired) electrons. The second-order valence-electron chi connectivity index (χ2n) is 3.70. The number of benzene rings is 1. The summed E-state index contributed by atoms with van der Waals surface area (Å²) in [4.78, 5) is 11.4. The van der Waals surface area contributed by atoms with E-state index in [1.165, 1.54) is 30.4 Å². The molecule has 1 aromatic heterocycles. The molecule has 2 aromatic rings. The normalized spacial score (nSPS) is 12.2. The first-order valence-corrected chi connectivity index (χ1v) is 7.47. The van der Waals surface area contributed by atoms with E-state index in [0.717, 1.165) is 15.5 Å². The summed E-state index contributed by atoms with van der Waals surface area (Å²) in [5.74, 6) is -0.263. The number of hydrogen-bond acceptors (Lipinski definition) is 6. The fraction of sp³-hybridized carbons (Fsp3) is 0.250. The number of ether oxygens (including phenoxy) is 1. The van der Waals surface area contributed by atoms with E-state index in [0.29, 0.717) is 5.02 Å². The number of nitrogens with zero attached hydrogens (tertiary/aromatic N) is 2. The van der Waals surface area contributed by atoms with E-state index in [9.17, 15) is 4.79 Å². The summed E-state index contributed by atoms with van der Waals surface area (Å²) in [6.45, 7) is 1.79. The maximum Gasteiger partial charge on any atom is 0.318 e. The molecule has 2 rings (SSSR count). The van der Waals surface area contributed by atoms with Crippen LogP contribution in [0.25, 0.3) is 11.3 Å². The molecule has 0 amide bonds. The number of halogens is 1. The smallest absolute Gasteiger partial charge is 0.318 e. The van der Waals surface area contributed by atoms with Crippen LogP contribution in [0.4, 0.5) is 0 Å². The second kappa shape index (κ2) is 6.36. The first-order valence-electron chi connectivity index (χ1n) is 5.44. The Morgan fingerprint density at radius 1 is 1.42 bits per heavy atom. The van der Waals surface area contributed by atoms with Crippen LogP contribution in [0.5, 0.6) is 0 Å². The van der Waals surface area contributed by atoms with Crippen LogP contribution in [0.1, 0.15) is 6.92 Å². The summed E-state index contributed by atoms with van der Waals surface area (Å²) in [7, 11) is 1.38. The Hall–Kier alpha value is -1.11. The summed E-state index contributed by atoms with van der Waals surface area (Å²) >= 11 is 8.52. The van der Waals surface area contributed by atoms with Crippen LogP contribution in [0, 0.1) is 0 Å². The number of thioether (sulfide) groups is 1. The lowest BCUT2D eigenvalue weighted by molar-refractivity contribution is -0.139. The van der Waals surface area contributed by atoms with Gasteiger partial charge in [0.05, 0.1) is 7.11 Å². The van der Waals surface area contributed by atoms with E-state index in [4.69, 9.17) is 16.3 Å². The Balaban J connectivity index is 2.22. The molecule has 19 heavy (non-hydrogen) atoms. The molecule has 0 fully saturated rings. The van der Waals surface area contributed by atoms with Gasteiger partial charge in [0.15, 0.2) is 0 Å². The Kier molecular flexibility index (Phi) is 4.79. The van der Waals surface area contributed by atoms with Crippen molar-refractivity contribution < 1.29 is 9.53 Å². The van der Waals surface area contributed by atoms with Crippen LogP contribution in [0.2, 0.25) is 5.02 Å². The number of rotatable bonds is 4. The van der Waals surface area contributed by atoms with Gasteiger partial charge in [0.2, 0.25) is 0 Å². The van der Waals surface area contributed by atoms with Gasteiger partial charge in [0.1, 0.15) is 15.2 Å². The summed E-state index contributed by atoms with van der Waals surface area (Å²) in [6, 6.07) is 7.36. The lowest BCUT2D eigenvalue weighted by Gasteiger charge is -2.07. The van der Waals surface area contributed by atoms with Gasteiger partial charge in [0, 0.05) is 10.6 Å². The van der Waals surface area contributed by atoms with Crippen molar-refractivity contribution in [1.29, 1.82) is 0 Å². The zero-order valence-corrected chi connectivity index (χ0v) is 12.7. The van der Waals surface area contributed by atoms with Gasteiger partial charge in [-0.05, 0) is 30.6 Å². The summed E-state index contributed by atoms with van der Waals surface area (Å²) < 4.78 is 9.54. The van der Waals surface area contributed by atoms with Crippen molar-refractivity contribution in [1.82, 2.24) is 9.59 Å². The van der Waals surface area contributed by atoms with Gasteiger partial charge in [-0.25, -0.2) is 0 Å². The minimum Gasteiger partial charge on any atom is -0.468 e. The summed E-state index contributed by atoms with van der Waals surface area (Å²) in [5, 5.41) is 4.48. The van der Waals surface area contributed by atoms with Crippen molar-refractivity contribution >= 4 is 40.9 Å². The van der Waals surface area contributed by atoms with Gasteiger partial charge in [-0.15, -0.1) is 5.10 Å². The minimum atomic E-state index is -0.293. The fourth-order valence-electron chi connectivity index (χ4n) is 1.42. The summed E-state index contributed by atoms with van der Waals surface area (Å²) in [6.07, 6.45) is 0. The summed E-state index contributed by atoms with van der Waals surface area (Å²) in [5.41, 5.74) is 1.69. The Morgan fingerprint density at radius 3 is 2.74 bits per heavy atom. The molecular weight excluding hydrogens is 304 g/mol. The molecule has 1 unspecified atom stereocenters. The minimum absolute atomic E-state index is 0.263. The van der Waals surface area contributed by atoms with Crippen LogP contribution in [-0.4, -0.2) is 27.9 Å². The number of hydrogen-bond donors (Lipinski definition) is 0. The van der Waals surface area contributed by atoms with Crippen molar-refractivity contribution in [2.45, 2.75) is 16.4 Å².